The van der Waals surface area contributed by atoms with Gasteiger partial charge < -0.3 is 4.74 Å². The second kappa shape index (κ2) is 6.51. The first-order chi connectivity index (χ1) is 12.2. The Hall–Kier alpha value is -2.96. The van der Waals surface area contributed by atoms with Gasteiger partial charge in [0, 0.05) is 13.0 Å². The van der Waals surface area contributed by atoms with Crippen LogP contribution in [0.1, 0.15) is 29.0 Å². The summed E-state index contributed by atoms with van der Waals surface area (Å²) in [5, 5.41) is 4.45. The number of allylic oxidation sites excluding steroid dienone is 4. The molecule has 0 saturated heterocycles. The van der Waals surface area contributed by atoms with Crippen LogP contribution in [0.5, 0.6) is 0 Å². The maximum absolute atomic E-state index is 13.0. The lowest BCUT2D eigenvalue weighted by molar-refractivity contribution is 0.0961. The predicted molar refractivity (Wildman–Crippen MR) is 89.3 cm³/mol. The molecule has 128 valence electrons. The monoisotopic (exact) mass is 340 g/mol. The van der Waals surface area contributed by atoms with Crippen molar-refractivity contribution in [1.82, 2.24) is 14.8 Å². The molecule has 25 heavy (non-hydrogen) atoms. The van der Waals surface area contributed by atoms with Gasteiger partial charge in [-0.2, -0.15) is 5.10 Å². The number of nitrogens with zero attached hydrogens (tertiary/aromatic N) is 4. The molecule has 0 fully saturated rings. The molecule has 0 saturated carbocycles. The molecule has 6 nitrogen and oxygen atoms in total. The van der Waals surface area contributed by atoms with E-state index in [9.17, 15) is 9.18 Å². The number of anilines is 1. The summed E-state index contributed by atoms with van der Waals surface area (Å²) in [5.41, 5.74) is 1.21. The van der Waals surface area contributed by atoms with Crippen molar-refractivity contribution < 1.29 is 13.9 Å². The quantitative estimate of drug-likeness (QED) is 0.859. The molecule has 0 spiro atoms. The maximum Gasteiger partial charge on any atom is 0.277 e. The Labute approximate surface area is 144 Å². The molecule has 0 unspecified atom stereocenters. The molecular weight excluding hydrogens is 323 g/mol. The number of hydrogen-bond donors (Lipinski definition) is 0. The van der Waals surface area contributed by atoms with E-state index >= 15 is 0 Å². The fourth-order valence-corrected chi connectivity index (χ4v) is 2.93. The van der Waals surface area contributed by atoms with Crippen LogP contribution in [-0.4, -0.2) is 27.2 Å². The zero-order valence-electron chi connectivity index (χ0n) is 13.6. The minimum atomic E-state index is -0.426. The molecular formula is C18H17FN4O2. The maximum atomic E-state index is 13.0. The zero-order chi connectivity index (χ0) is 17.2. The van der Waals surface area contributed by atoms with Crippen LogP contribution < -0.4 is 4.90 Å². The van der Waals surface area contributed by atoms with Crippen molar-refractivity contribution in [2.45, 2.75) is 26.0 Å². The first-order valence-corrected chi connectivity index (χ1v) is 8.19. The number of halogens is 1. The summed E-state index contributed by atoms with van der Waals surface area (Å²) in [6.07, 6.45) is 9.00. The van der Waals surface area contributed by atoms with Gasteiger partial charge in [-0.3, -0.25) is 14.4 Å². The summed E-state index contributed by atoms with van der Waals surface area (Å²) < 4.78 is 20.5. The van der Waals surface area contributed by atoms with Crippen LogP contribution >= 0.6 is 0 Å². The number of carbonyl (C=O) groups is 1. The molecule has 2 aromatic rings. The average Bonchev–Trinajstić information content (AvgIpc) is 3.06. The van der Waals surface area contributed by atoms with Crippen LogP contribution in [0.15, 0.2) is 48.4 Å². The van der Waals surface area contributed by atoms with Crippen molar-refractivity contribution in [2.24, 2.45) is 0 Å². The normalized spacial score (nSPS) is 16.6. The van der Waals surface area contributed by atoms with Gasteiger partial charge in [0.2, 0.25) is 0 Å². The van der Waals surface area contributed by atoms with E-state index in [1.165, 1.54) is 17.0 Å². The van der Waals surface area contributed by atoms with Crippen molar-refractivity contribution in [2.75, 3.05) is 11.4 Å². The molecule has 7 heteroatoms. The Balaban J connectivity index is 1.49. The highest BCUT2D eigenvalue weighted by molar-refractivity contribution is 6.05. The molecule has 0 atom stereocenters. The molecule has 2 aliphatic rings. The highest BCUT2D eigenvalue weighted by Crippen LogP contribution is 2.21. The highest BCUT2D eigenvalue weighted by Gasteiger charge is 2.28. The molecule has 2 aromatic heterocycles. The van der Waals surface area contributed by atoms with Gasteiger partial charge in [-0.05, 0) is 30.7 Å². The Kier molecular flexibility index (Phi) is 4.05. The van der Waals surface area contributed by atoms with Gasteiger partial charge in [0.1, 0.15) is 29.6 Å². The first kappa shape index (κ1) is 15.6. The number of amides is 1. The second-order valence-electron chi connectivity index (χ2n) is 5.92. The predicted octanol–water partition coefficient (Wildman–Crippen LogP) is 2.83. The van der Waals surface area contributed by atoms with Crippen LogP contribution in [0.2, 0.25) is 0 Å². The smallest absolute Gasteiger partial charge is 0.277 e. The van der Waals surface area contributed by atoms with Gasteiger partial charge in [0.15, 0.2) is 0 Å². The van der Waals surface area contributed by atoms with E-state index in [-0.39, 0.29) is 5.91 Å². The SMILES string of the molecule is O=C1c2cc(COC3=CC=CCC3)nn2CCN1c1ccc(F)cn1. The van der Waals surface area contributed by atoms with Crippen LogP contribution in [0.25, 0.3) is 0 Å². The summed E-state index contributed by atoms with van der Waals surface area (Å²) in [4.78, 5) is 18.2. The first-order valence-electron chi connectivity index (χ1n) is 8.19. The zero-order valence-corrected chi connectivity index (χ0v) is 13.6. The summed E-state index contributed by atoms with van der Waals surface area (Å²) in [6, 6.07) is 4.55. The minimum absolute atomic E-state index is 0.191. The molecule has 0 N–H and O–H groups in total. The Morgan fingerprint density at radius 1 is 1.28 bits per heavy atom. The molecule has 0 radical (unpaired) electrons. The lowest BCUT2D eigenvalue weighted by atomic mass is 10.2. The van der Waals surface area contributed by atoms with Crippen LogP contribution in [-0.2, 0) is 17.9 Å². The lowest BCUT2D eigenvalue weighted by Gasteiger charge is -2.26. The number of ether oxygens (including phenoxy) is 1. The third-order valence-corrected chi connectivity index (χ3v) is 4.20. The fourth-order valence-electron chi connectivity index (χ4n) is 2.93. The van der Waals surface area contributed by atoms with E-state index in [4.69, 9.17) is 4.74 Å². The number of hydrogen-bond acceptors (Lipinski definition) is 4. The van der Waals surface area contributed by atoms with Gasteiger partial charge >= 0.3 is 0 Å². The van der Waals surface area contributed by atoms with Crippen LogP contribution in [0, 0.1) is 5.82 Å². The van der Waals surface area contributed by atoms with Gasteiger partial charge in [-0.15, -0.1) is 0 Å². The molecule has 0 bridgehead atoms. The molecule has 0 aromatic carbocycles. The molecule has 3 heterocycles. The van der Waals surface area contributed by atoms with Gasteiger partial charge in [0.05, 0.1) is 18.5 Å². The number of fused-ring (bicyclic) bond motifs is 1. The molecule has 1 amide bonds. The fraction of sp³-hybridized carbons (Fsp3) is 0.278. The lowest BCUT2D eigenvalue weighted by Crippen LogP contribution is -2.40. The number of aromatic nitrogens is 3. The van der Waals surface area contributed by atoms with E-state index in [0.29, 0.717) is 36.9 Å². The summed E-state index contributed by atoms with van der Waals surface area (Å²) in [6.45, 7) is 1.34. The second-order valence-corrected chi connectivity index (χ2v) is 5.92. The summed E-state index contributed by atoms with van der Waals surface area (Å²) in [5.74, 6) is 0.751. The van der Waals surface area contributed by atoms with E-state index in [1.54, 1.807) is 10.7 Å². The van der Waals surface area contributed by atoms with Crippen molar-refractivity contribution in [3.05, 3.63) is 65.6 Å². The average molecular weight is 340 g/mol. The number of carbonyl (C=O) groups excluding carboxylic acids is 1. The molecule has 1 aliphatic carbocycles. The minimum Gasteiger partial charge on any atom is -0.492 e. The van der Waals surface area contributed by atoms with Crippen LogP contribution in [0.4, 0.5) is 10.2 Å². The van der Waals surface area contributed by atoms with E-state index < -0.39 is 5.82 Å². The van der Waals surface area contributed by atoms with Crippen LogP contribution in [0.3, 0.4) is 0 Å². The third-order valence-electron chi connectivity index (χ3n) is 4.20. The standard InChI is InChI=1S/C18H17FN4O2/c19-13-6-7-17(20-11-13)22-8-9-23-16(18(22)24)10-14(21-23)12-25-15-4-2-1-3-5-15/h1-2,4,6-7,10-11H,3,5,8-9,12H2. The third kappa shape index (κ3) is 3.17. The Morgan fingerprint density at radius 3 is 2.96 bits per heavy atom. The summed E-state index contributed by atoms with van der Waals surface area (Å²) in [7, 11) is 0. The number of rotatable bonds is 4. The van der Waals surface area contributed by atoms with Gasteiger partial charge in [-0.1, -0.05) is 12.2 Å². The van der Waals surface area contributed by atoms with Crippen molar-refractivity contribution in [3.8, 4) is 0 Å². The van der Waals surface area contributed by atoms with E-state index in [2.05, 4.69) is 16.2 Å². The Morgan fingerprint density at radius 2 is 2.20 bits per heavy atom. The highest BCUT2D eigenvalue weighted by atomic mass is 19.1. The number of pyridine rings is 1. The van der Waals surface area contributed by atoms with Gasteiger partial charge in [-0.25, -0.2) is 9.37 Å². The summed E-state index contributed by atoms with van der Waals surface area (Å²) >= 11 is 0. The van der Waals surface area contributed by atoms with Crippen molar-refractivity contribution >= 4 is 11.7 Å². The van der Waals surface area contributed by atoms with Crippen molar-refractivity contribution in [1.29, 1.82) is 0 Å². The molecule has 4 rings (SSSR count). The van der Waals surface area contributed by atoms with Gasteiger partial charge in [0.25, 0.3) is 5.91 Å². The van der Waals surface area contributed by atoms with E-state index in [0.717, 1.165) is 24.8 Å². The topological polar surface area (TPSA) is 60.2 Å². The molecule has 1 aliphatic heterocycles. The Bertz CT molecular complexity index is 854. The van der Waals surface area contributed by atoms with E-state index in [1.807, 2.05) is 12.2 Å². The van der Waals surface area contributed by atoms with Crippen molar-refractivity contribution in [3.63, 3.8) is 0 Å². The largest absolute Gasteiger partial charge is 0.492 e.